The van der Waals surface area contributed by atoms with Gasteiger partial charge < -0.3 is 10.0 Å². The van der Waals surface area contributed by atoms with Gasteiger partial charge in [-0.1, -0.05) is 17.7 Å². The van der Waals surface area contributed by atoms with Crippen molar-refractivity contribution in [1.29, 1.82) is 0 Å². The van der Waals surface area contributed by atoms with E-state index in [-0.39, 0.29) is 48.6 Å². The fraction of sp³-hybridized carbons (Fsp3) is 0.444. The summed E-state index contributed by atoms with van der Waals surface area (Å²) in [6.07, 6.45) is 4.09. The first-order valence-corrected chi connectivity index (χ1v) is 16.5. The van der Waals surface area contributed by atoms with Gasteiger partial charge in [0, 0.05) is 71.7 Å². The number of aliphatic imine (C=N–C) groups is 1. The first-order chi connectivity index (χ1) is 20.6. The second-order valence-corrected chi connectivity index (χ2v) is 14.2. The smallest absolute Gasteiger partial charge is 0.333 e. The van der Waals surface area contributed by atoms with Gasteiger partial charge in [-0.3, -0.25) is 4.99 Å². The fourth-order valence-corrected chi connectivity index (χ4v) is 9.08. The van der Waals surface area contributed by atoms with Crippen molar-refractivity contribution in [1.82, 2.24) is 28.7 Å². The van der Waals surface area contributed by atoms with Crippen molar-refractivity contribution < 1.29 is 26.7 Å². The molecule has 2 N–H and O–H groups in total. The Labute approximate surface area is 254 Å². The van der Waals surface area contributed by atoms with E-state index in [9.17, 15) is 26.7 Å². The molecule has 0 spiro atoms. The van der Waals surface area contributed by atoms with Gasteiger partial charge in [-0.15, -0.1) is 11.3 Å². The average Bonchev–Trinajstić information content (AvgIpc) is 3.75. The molecule has 5 heterocycles. The molecule has 0 radical (unpaired) electrons. The van der Waals surface area contributed by atoms with E-state index in [1.54, 1.807) is 11.6 Å². The van der Waals surface area contributed by atoms with E-state index in [2.05, 4.69) is 14.8 Å². The van der Waals surface area contributed by atoms with Crippen molar-refractivity contribution in [2.45, 2.75) is 44.0 Å². The molecule has 43 heavy (non-hydrogen) atoms. The molecule has 1 aliphatic carbocycles. The highest BCUT2D eigenvalue weighted by atomic mass is 35.5. The number of fused-ring (bicyclic) bond motifs is 3. The number of aliphatic hydroxyl groups excluding tert-OH is 1. The van der Waals surface area contributed by atoms with Gasteiger partial charge in [0.1, 0.15) is 11.9 Å². The van der Waals surface area contributed by atoms with Crippen LogP contribution >= 0.6 is 22.9 Å². The molecule has 228 valence electrons. The molecule has 2 aromatic heterocycles. The third-order valence-corrected chi connectivity index (χ3v) is 11.3. The van der Waals surface area contributed by atoms with Crippen LogP contribution in [0, 0.1) is 17.7 Å². The normalized spacial score (nSPS) is 27.7. The Bertz CT molecular complexity index is 1700. The van der Waals surface area contributed by atoms with Gasteiger partial charge in [-0.25, -0.2) is 14.1 Å². The predicted molar refractivity (Wildman–Crippen MR) is 154 cm³/mol. The van der Waals surface area contributed by atoms with E-state index in [1.807, 2.05) is 4.90 Å². The Morgan fingerprint density at radius 1 is 1.14 bits per heavy atom. The Morgan fingerprint density at radius 2 is 1.91 bits per heavy atom. The SMILES string of the molecule is O=S(=O)(NC1CC2=C(c3ccn(C(F)F)n3)[C@H](c3ccc(F)cc3Cl)N=C(c3nccs3)N2C1)N1CC2CCC(C1)C2O. The van der Waals surface area contributed by atoms with Gasteiger partial charge in [-0.05, 0) is 42.9 Å². The van der Waals surface area contributed by atoms with Crippen LogP contribution in [0.25, 0.3) is 5.57 Å². The van der Waals surface area contributed by atoms with E-state index in [0.717, 1.165) is 25.1 Å². The molecule has 3 aliphatic heterocycles. The maximum Gasteiger partial charge on any atom is 0.333 e. The molecule has 2 saturated heterocycles. The van der Waals surface area contributed by atoms with Crippen LogP contribution in [-0.2, 0) is 10.2 Å². The van der Waals surface area contributed by atoms with Gasteiger partial charge >= 0.3 is 6.55 Å². The number of nitrogens with one attached hydrogen (secondary N) is 1. The number of piperidine rings is 1. The number of hydrogen-bond donors (Lipinski definition) is 2. The minimum atomic E-state index is -3.91. The lowest BCUT2D eigenvalue weighted by atomic mass is 9.92. The zero-order valence-corrected chi connectivity index (χ0v) is 24.9. The highest BCUT2D eigenvalue weighted by Crippen LogP contribution is 2.46. The lowest BCUT2D eigenvalue weighted by Crippen LogP contribution is -2.53. The van der Waals surface area contributed by atoms with Crippen LogP contribution < -0.4 is 4.72 Å². The minimum absolute atomic E-state index is 0.0886. The predicted octanol–water partition coefficient (Wildman–Crippen LogP) is 4.05. The maximum atomic E-state index is 14.0. The van der Waals surface area contributed by atoms with Crippen LogP contribution in [0.2, 0.25) is 5.02 Å². The highest BCUT2D eigenvalue weighted by molar-refractivity contribution is 7.87. The summed E-state index contributed by atoms with van der Waals surface area (Å²) in [5, 5.41) is 17.0. The molecule has 10 nitrogen and oxygen atoms in total. The summed E-state index contributed by atoms with van der Waals surface area (Å²) in [4.78, 5) is 11.3. The van der Waals surface area contributed by atoms with Crippen LogP contribution in [0.5, 0.6) is 0 Å². The summed E-state index contributed by atoms with van der Waals surface area (Å²) in [7, 11) is -3.91. The second kappa shape index (κ2) is 11.0. The minimum Gasteiger partial charge on any atom is -0.392 e. The fourth-order valence-electron chi connectivity index (χ4n) is 6.67. The third kappa shape index (κ3) is 5.19. The van der Waals surface area contributed by atoms with Gasteiger partial charge in [-0.2, -0.15) is 31.3 Å². The van der Waals surface area contributed by atoms with Crippen molar-refractivity contribution in [2.75, 3.05) is 19.6 Å². The van der Waals surface area contributed by atoms with Crippen molar-refractivity contribution in [3.63, 3.8) is 0 Å². The van der Waals surface area contributed by atoms with Crippen LogP contribution in [0.3, 0.4) is 0 Å². The molecule has 7 rings (SSSR count). The molecule has 3 unspecified atom stereocenters. The highest BCUT2D eigenvalue weighted by Gasteiger charge is 2.46. The molecule has 1 saturated carbocycles. The molecule has 3 fully saturated rings. The molecule has 3 aromatic rings. The van der Waals surface area contributed by atoms with Gasteiger partial charge in [0.15, 0.2) is 10.8 Å². The van der Waals surface area contributed by atoms with E-state index in [4.69, 9.17) is 16.6 Å². The molecular formula is C27H27ClF3N7O3S2. The largest absolute Gasteiger partial charge is 0.392 e. The molecule has 1 aromatic carbocycles. The summed E-state index contributed by atoms with van der Waals surface area (Å²) in [5.74, 6) is -0.252. The number of alkyl halides is 2. The Balaban J connectivity index is 1.30. The maximum absolute atomic E-state index is 14.0. The van der Waals surface area contributed by atoms with Crippen LogP contribution in [-0.4, -0.2) is 75.1 Å². The Morgan fingerprint density at radius 3 is 2.56 bits per heavy atom. The molecule has 0 amide bonds. The van der Waals surface area contributed by atoms with Gasteiger partial charge in [0.25, 0.3) is 10.2 Å². The number of halogens is 4. The topological polar surface area (TPSA) is 116 Å². The van der Waals surface area contributed by atoms with Crippen LogP contribution in [0.15, 0.2) is 52.7 Å². The first-order valence-electron chi connectivity index (χ1n) is 13.8. The summed E-state index contributed by atoms with van der Waals surface area (Å²) >= 11 is 7.85. The summed E-state index contributed by atoms with van der Waals surface area (Å²) in [5.41, 5.74) is 1.76. The third-order valence-electron chi connectivity index (χ3n) is 8.63. The number of nitrogens with zero attached hydrogens (tertiary/aromatic N) is 6. The van der Waals surface area contributed by atoms with Gasteiger partial charge in [0.2, 0.25) is 0 Å². The van der Waals surface area contributed by atoms with Crippen molar-refractivity contribution in [3.8, 4) is 0 Å². The lowest BCUT2D eigenvalue weighted by Gasteiger charge is -2.35. The second-order valence-electron chi connectivity index (χ2n) is 11.2. The zero-order valence-electron chi connectivity index (χ0n) is 22.5. The number of aliphatic hydroxyl groups is 1. The van der Waals surface area contributed by atoms with Gasteiger partial charge in [0.05, 0.1) is 11.8 Å². The number of rotatable bonds is 7. The first kappa shape index (κ1) is 28.9. The van der Waals surface area contributed by atoms with E-state index >= 15 is 0 Å². The van der Waals surface area contributed by atoms with Crippen molar-refractivity contribution in [3.05, 3.63) is 74.8 Å². The molecular weight excluding hydrogens is 627 g/mol. The molecule has 16 heteroatoms. The Kier molecular flexibility index (Phi) is 7.37. The van der Waals surface area contributed by atoms with Crippen molar-refractivity contribution in [2.24, 2.45) is 16.8 Å². The van der Waals surface area contributed by atoms with E-state index < -0.39 is 40.8 Å². The standard InChI is InChI=1S/C27H27ClF3N7O3S2/c28-19-9-16(29)3-4-18(19)23-22(20-5-7-38(34-20)27(30)31)21-10-17(13-37(21)25(33-23)26-32-6-8-42-26)35-43(40,41)36-11-14-1-2-15(12-36)24(14)39/h3-9,14-15,17,23-24,27,35,39H,1-2,10-13H2/t14?,15?,17?,23-,24?/m0/s1. The number of amidine groups is 1. The molecule has 4 atom stereocenters. The number of thiazole rings is 1. The number of hydrogen-bond acceptors (Lipinski definition) is 8. The summed E-state index contributed by atoms with van der Waals surface area (Å²) < 4.78 is 73.2. The van der Waals surface area contributed by atoms with Crippen LogP contribution in [0.1, 0.15) is 48.1 Å². The summed E-state index contributed by atoms with van der Waals surface area (Å²) in [6, 6.07) is 3.92. The lowest BCUT2D eigenvalue weighted by molar-refractivity contribution is 0.0436. The number of benzene rings is 1. The zero-order chi connectivity index (χ0) is 30.0. The van der Waals surface area contributed by atoms with Crippen LogP contribution in [0.4, 0.5) is 13.2 Å². The van der Waals surface area contributed by atoms with E-state index in [0.29, 0.717) is 32.4 Å². The van der Waals surface area contributed by atoms with Crippen molar-refractivity contribution >= 4 is 44.6 Å². The monoisotopic (exact) mass is 653 g/mol. The quantitative estimate of drug-likeness (QED) is 0.398. The summed E-state index contributed by atoms with van der Waals surface area (Å²) in [6.45, 7) is -2.17. The molecule has 4 aliphatic rings. The average molecular weight is 654 g/mol. The number of aromatic nitrogens is 3. The molecule has 2 bridgehead atoms. The Hall–Kier alpha value is -2.82. The van der Waals surface area contributed by atoms with E-state index in [1.165, 1.54) is 33.8 Å².